The van der Waals surface area contributed by atoms with E-state index in [0.717, 1.165) is 41.2 Å². The van der Waals surface area contributed by atoms with E-state index in [2.05, 4.69) is 4.90 Å². The summed E-state index contributed by atoms with van der Waals surface area (Å²) in [4.78, 5) is 19.9. The highest BCUT2D eigenvalue weighted by molar-refractivity contribution is 6.04. The third-order valence-electron chi connectivity index (χ3n) is 5.28. The Labute approximate surface area is 167 Å². The first-order valence-electron chi connectivity index (χ1n) is 9.58. The number of fused-ring (bicyclic) bond motifs is 3. The quantitative estimate of drug-likeness (QED) is 0.392. The van der Waals surface area contributed by atoms with Gasteiger partial charge in [0.2, 0.25) is 0 Å². The molecule has 5 rings (SSSR count). The molecule has 0 N–H and O–H groups in total. The molecule has 1 aliphatic heterocycles. The van der Waals surface area contributed by atoms with Crippen LogP contribution >= 0.6 is 0 Å². The monoisotopic (exact) mass is 388 g/mol. The van der Waals surface area contributed by atoms with E-state index >= 15 is 0 Å². The first-order valence-corrected chi connectivity index (χ1v) is 9.58. The van der Waals surface area contributed by atoms with Crippen molar-refractivity contribution in [2.45, 2.75) is 0 Å². The van der Waals surface area contributed by atoms with Gasteiger partial charge in [0.05, 0.1) is 31.2 Å². The van der Waals surface area contributed by atoms with Crippen molar-refractivity contribution in [2.75, 3.05) is 38.3 Å². The van der Waals surface area contributed by atoms with Gasteiger partial charge in [-0.2, -0.15) is 0 Å². The first-order chi connectivity index (χ1) is 14.2. The van der Waals surface area contributed by atoms with Crippen LogP contribution in [0, 0.1) is 0 Å². The Morgan fingerprint density at radius 3 is 2.52 bits per heavy atom. The molecule has 29 heavy (non-hydrogen) atoms. The molecule has 1 saturated heterocycles. The molecule has 0 aliphatic carbocycles. The molecule has 2 aromatic heterocycles. The van der Waals surface area contributed by atoms with Crippen LogP contribution in [0.2, 0.25) is 0 Å². The maximum Gasteiger partial charge on any atom is 0.345 e. The molecule has 4 aromatic rings. The van der Waals surface area contributed by atoms with Gasteiger partial charge in [0, 0.05) is 24.0 Å². The third kappa shape index (κ3) is 3.11. The largest absolute Gasteiger partial charge is 0.497 e. The number of hydrogen-bond donors (Lipinski definition) is 0. The van der Waals surface area contributed by atoms with E-state index in [9.17, 15) is 4.79 Å². The highest BCUT2D eigenvalue weighted by Crippen LogP contribution is 2.34. The van der Waals surface area contributed by atoms with Crippen LogP contribution in [0.5, 0.6) is 5.75 Å². The Kier molecular flexibility index (Phi) is 4.41. The number of hydrogen-bond acceptors (Lipinski definition) is 6. The summed E-state index contributed by atoms with van der Waals surface area (Å²) in [6.07, 6.45) is 0. The minimum Gasteiger partial charge on any atom is -0.497 e. The van der Waals surface area contributed by atoms with E-state index in [4.69, 9.17) is 18.9 Å². The van der Waals surface area contributed by atoms with Gasteiger partial charge in [0.1, 0.15) is 17.2 Å². The molecule has 1 aliphatic rings. The first kappa shape index (κ1) is 17.7. The summed E-state index contributed by atoms with van der Waals surface area (Å²) in [5.74, 6) is 1.63. The Morgan fingerprint density at radius 1 is 1.00 bits per heavy atom. The predicted molar refractivity (Wildman–Crippen MR) is 113 cm³/mol. The van der Waals surface area contributed by atoms with Gasteiger partial charge in [-0.1, -0.05) is 24.3 Å². The maximum atomic E-state index is 12.7. The topological polar surface area (TPSA) is 64.8 Å². The Balaban J connectivity index is 1.80. The number of ether oxygens (including phenoxy) is 2. The number of methoxy groups -OCH3 is 1. The molecule has 0 unspecified atom stereocenters. The van der Waals surface area contributed by atoms with Crippen molar-refractivity contribution < 1.29 is 13.9 Å². The van der Waals surface area contributed by atoms with E-state index in [0.29, 0.717) is 29.7 Å². The fourth-order valence-corrected chi connectivity index (χ4v) is 3.77. The van der Waals surface area contributed by atoms with Crippen molar-refractivity contribution in [3.05, 3.63) is 65.0 Å². The lowest BCUT2D eigenvalue weighted by molar-refractivity contribution is 0.122. The second kappa shape index (κ2) is 7.22. The molecule has 146 valence electrons. The van der Waals surface area contributed by atoms with Crippen LogP contribution in [-0.4, -0.2) is 38.4 Å². The number of pyridine rings is 1. The number of rotatable bonds is 3. The lowest BCUT2D eigenvalue weighted by Gasteiger charge is -2.30. The summed E-state index contributed by atoms with van der Waals surface area (Å²) in [6, 6.07) is 17.2. The zero-order chi connectivity index (χ0) is 19.8. The number of benzene rings is 2. The zero-order valence-corrected chi connectivity index (χ0v) is 16.1. The molecule has 0 bridgehead atoms. The Hall–Kier alpha value is -3.38. The summed E-state index contributed by atoms with van der Waals surface area (Å²) in [5.41, 5.74) is 2.69. The molecular formula is C23H20N2O4. The van der Waals surface area contributed by atoms with Crippen LogP contribution < -0.4 is 15.3 Å². The molecule has 0 amide bonds. The van der Waals surface area contributed by atoms with Crippen LogP contribution in [0.3, 0.4) is 0 Å². The van der Waals surface area contributed by atoms with Crippen molar-refractivity contribution in [1.82, 2.24) is 4.98 Å². The average molecular weight is 388 g/mol. The molecule has 6 nitrogen and oxygen atoms in total. The van der Waals surface area contributed by atoms with Crippen molar-refractivity contribution in [1.29, 1.82) is 0 Å². The molecule has 0 atom stereocenters. The smallest absolute Gasteiger partial charge is 0.345 e. The maximum absolute atomic E-state index is 12.7. The standard InChI is InChI=1S/C23H20N2O4/c1-27-16-8-6-15(7-9-16)18-14-19-21(24-22(18)25-10-12-28-13-11-25)17-4-2-3-5-20(17)29-23(19)26/h2-9,14H,10-13H2,1H3. The fourth-order valence-electron chi connectivity index (χ4n) is 3.77. The number of aromatic nitrogens is 1. The predicted octanol–water partition coefficient (Wildman–Crippen LogP) is 3.85. The van der Waals surface area contributed by atoms with Gasteiger partial charge in [0.15, 0.2) is 0 Å². The summed E-state index contributed by atoms with van der Waals surface area (Å²) in [7, 11) is 1.64. The fraction of sp³-hybridized carbons (Fsp3) is 0.217. The highest BCUT2D eigenvalue weighted by Gasteiger charge is 2.21. The van der Waals surface area contributed by atoms with Gasteiger partial charge in [-0.25, -0.2) is 9.78 Å². The van der Waals surface area contributed by atoms with E-state index in [1.165, 1.54) is 0 Å². The second-order valence-electron chi connectivity index (χ2n) is 6.97. The Morgan fingerprint density at radius 2 is 1.76 bits per heavy atom. The Bertz CT molecular complexity index is 1240. The van der Waals surface area contributed by atoms with E-state index in [-0.39, 0.29) is 5.63 Å². The van der Waals surface area contributed by atoms with Gasteiger partial charge in [0.25, 0.3) is 0 Å². The molecule has 0 radical (unpaired) electrons. The molecular weight excluding hydrogens is 368 g/mol. The van der Waals surface area contributed by atoms with E-state index in [1.807, 2.05) is 48.5 Å². The van der Waals surface area contributed by atoms with Crippen LogP contribution in [0.25, 0.3) is 33.0 Å². The van der Waals surface area contributed by atoms with Crippen molar-refractivity contribution in [2.24, 2.45) is 0 Å². The van der Waals surface area contributed by atoms with Crippen LogP contribution in [0.1, 0.15) is 0 Å². The molecule has 6 heteroatoms. The lowest BCUT2D eigenvalue weighted by Crippen LogP contribution is -2.37. The normalized spacial score (nSPS) is 14.4. The van der Waals surface area contributed by atoms with Gasteiger partial charge < -0.3 is 18.8 Å². The SMILES string of the molecule is COc1ccc(-c2cc3c(=O)oc4ccccc4c3nc2N2CCOCC2)cc1. The van der Waals surface area contributed by atoms with Crippen LogP contribution in [0.4, 0.5) is 5.82 Å². The molecule has 3 heterocycles. The summed E-state index contributed by atoms with van der Waals surface area (Å²) < 4.78 is 16.3. The average Bonchev–Trinajstić information content (AvgIpc) is 2.79. The minimum absolute atomic E-state index is 0.380. The molecule has 0 spiro atoms. The van der Waals surface area contributed by atoms with Crippen molar-refractivity contribution >= 4 is 27.7 Å². The van der Waals surface area contributed by atoms with Gasteiger partial charge in [-0.05, 0) is 35.9 Å². The van der Waals surface area contributed by atoms with Crippen LogP contribution in [-0.2, 0) is 4.74 Å². The van der Waals surface area contributed by atoms with E-state index < -0.39 is 0 Å². The third-order valence-corrected chi connectivity index (χ3v) is 5.28. The van der Waals surface area contributed by atoms with E-state index in [1.54, 1.807) is 13.2 Å². The number of nitrogens with zero attached hydrogens (tertiary/aromatic N) is 2. The number of morpholine rings is 1. The molecule has 2 aromatic carbocycles. The van der Waals surface area contributed by atoms with Crippen molar-refractivity contribution in [3.8, 4) is 16.9 Å². The van der Waals surface area contributed by atoms with Crippen LogP contribution in [0.15, 0.2) is 63.8 Å². The lowest BCUT2D eigenvalue weighted by atomic mass is 10.0. The number of para-hydroxylation sites is 1. The van der Waals surface area contributed by atoms with Gasteiger partial charge >= 0.3 is 5.63 Å². The van der Waals surface area contributed by atoms with Gasteiger partial charge in [-0.15, -0.1) is 0 Å². The van der Waals surface area contributed by atoms with Crippen molar-refractivity contribution in [3.63, 3.8) is 0 Å². The summed E-state index contributed by atoms with van der Waals surface area (Å²) >= 11 is 0. The highest BCUT2D eigenvalue weighted by atomic mass is 16.5. The van der Waals surface area contributed by atoms with Gasteiger partial charge in [-0.3, -0.25) is 0 Å². The molecule has 0 saturated carbocycles. The number of anilines is 1. The minimum atomic E-state index is -0.380. The summed E-state index contributed by atoms with van der Waals surface area (Å²) in [5, 5.41) is 1.31. The summed E-state index contributed by atoms with van der Waals surface area (Å²) in [6.45, 7) is 2.81. The second-order valence-corrected chi connectivity index (χ2v) is 6.97. The molecule has 1 fully saturated rings. The zero-order valence-electron chi connectivity index (χ0n) is 16.1.